The van der Waals surface area contributed by atoms with Crippen molar-refractivity contribution >= 4 is 0 Å². The van der Waals surface area contributed by atoms with Crippen molar-refractivity contribution in [1.82, 2.24) is 9.55 Å². The Morgan fingerprint density at radius 2 is 2.36 bits per heavy atom. The molecule has 0 radical (unpaired) electrons. The molecule has 0 bridgehead atoms. The molecule has 0 amide bonds. The summed E-state index contributed by atoms with van der Waals surface area (Å²) in [6.45, 7) is 2.05. The molecule has 2 heteroatoms. The van der Waals surface area contributed by atoms with E-state index in [4.69, 9.17) is 0 Å². The maximum atomic E-state index is 4.26. The van der Waals surface area contributed by atoms with Crippen molar-refractivity contribution in [3.63, 3.8) is 0 Å². The Bertz CT molecular complexity index is 259. The minimum atomic E-state index is 0.963. The van der Waals surface area contributed by atoms with Crippen molar-refractivity contribution in [2.75, 3.05) is 0 Å². The second kappa shape index (κ2) is 2.36. The van der Waals surface area contributed by atoms with Gasteiger partial charge in [0.25, 0.3) is 0 Å². The molecule has 1 aliphatic rings. The van der Waals surface area contributed by atoms with Crippen LogP contribution in [0.4, 0.5) is 0 Å². The number of rotatable bonds is 2. The number of aryl methyl sites for hydroxylation is 1. The molecule has 1 saturated carbocycles. The van der Waals surface area contributed by atoms with Gasteiger partial charge in [-0.05, 0) is 32.1 Å². The fourth-order valence-corrected chi connectivity index (χ4v) is 1.36. The van der Waals surface area contributed by atoms with Crippen LogP contribution in [-0.4, -0.2) is 9.55 Å². The van der Waals surface area contributed by atoms with Crippen LogP contribution in [0.5, 0.6) is 0 Å². The lowest BCUT2D eigenvalue weighted by Gasteiger charge is -2.00. The third-order valence-corrected chi connectivity index (χ3v) is 2.51. The number of imidazole rings is 1. The normalized spacial score (nSPS) is 17.3. The molecule has 1 aromatic heterocycles. The van der Waals surface area contributed by atoms with E-state index in [2.05, 4.69) is 23.5 Å². The van der Waals surface area contributed by atoms with Gasteiger partial charge in [0.05, 0.1) is 0 Å². The van der Waals surface area contributed by atoms with Gasteiger partial charge in [-0.2, -0.15) is 0 Å². The Balaban J connectivity index is 2.15. The Morgan fingerprint density at radius 3 is 2.82 bits per heavy atom. The first-order valence-corrected chi connectivity index (χ1v) is 4.24. The van der Waals surface area contributed by atoms with Crippen molar-refractivity contribution in [2.24, 2.45) is 13.0 Å². The zero-order chi connectivity index (χ0) is 7.84. The van der Waals surface area contributed by atoms with E-state index in [1.165, 1.54) is 25.0 Å². The first-order valence-electron chi connectivity index (χ1n) is 4.24. The molecule has 0 spiro atoms. The molecular formula is C9H14N2. The molecule has 0 unspecified atom stereocenters. The number of hydrogen-bond donors (Lipinski definition) is 0. The van der Waals surface area contributed by atoms with Gasteiger partial charge in [-0.15, -0.1) is 0 Å². The molecule has 0 N–H and O–H groups in total. The SMILES string of the molecule is Cc1ncc(CC2CC2)n1C. The van der Waals surface area contributed by atoms with Crippen LogP contribution in [0.3, 0.4) is 0 Å². The van der Waals surface area contributed by atoms with Gasteiger partial charge in [-0.3, -0.25) is 0 Å². The number of hydrogen-bond acceptors (Lipinski definition) is 1. The first kappa shape index (κ1) is 6.89. The summed E-state index contributed by atoms with van der Waals surface area (Å²) >= 11 is 0. The molecule has 0 aromatic carbocycles. The highest BCUT2D eigenvalue weighted by molar-refractivity contribution is 5.06. The molecule has 1 aromatic rings. The molecule has 0 atom stereocenters. The van der Waals surface area contributed by atoms with E-state index in [0.29, 0.717) is 0 Å². The van der Waals surface area contributed by atoms with Crippen molar-refractivity contribution in [1.29, 1.82) is 0 Å². The lowest BCUT2D eigenvalue weighted by atomic mass is 10.2. The summed E-state index contributed by atoms with van der Waals surface area (Å²) in [6, 6.07) is 0. The van der Waals surface area contributed by atoms with Gasteiger partial charge in [0.15, 0.2) is 0 Å². The average molecular weight is 150 g/mol. The zero-order valence-corrected chi connectivity index (χ0v) is 7.17. The molecule has 0 aliphatic heterocycles. The van der Waals surface area contributed by atoms with Crippen molar-refractivity contribution < 1.29 is 0 Å². The van der Waals surface area contributed by atoms with Gasteiger partial charge in [0.1, 0.15) is 5.82 Å². The standard InChI is InChI=1S/C9H14N2/c1-7-10-6-9(11(7)2)5-8-3-4-8/h6,8H,3-5H2,1-2H3. The van der Waals surface area contributed by atoms with Gasteiger partial charge < -0.3 is 4.57 Å². The van der Waals surface area contributed by atoms with E-state index in [0.717, 1.165) is 11.7 Å². The summed E-state index contributed by atoms with van der Waals surface area (Å²) in [5, 5.41) is 0. The molecule has 1 fully saturated rings. The molecule has 2 nitrogen and oxygen atoms in total. The van der Waals surface area contributed by atoms with Gasteiger partial charge in [-0.1, -0.05) is 0 Å². The van der Waals surface area contributed by atoms with Crippen LogP contribution in [0, 0.1) is 12.8 Å². The molecule has 1 heterocycles. The minimum absolute atomic E-state index is 0.963. The quantitative estimate of drug-likeness (QED) is 0.627. The minimum Gasteiger partial charge on any atom is -0.335 e. The third kappa shape index (κ3) is 1.30. The van der Waals surface area contributed by atoms with E-state index >= 15 is 0 Å². The van der Waals surface area contributed by atoms with Gasteiger partial charge in [0.2, 0.25) is 0 Å². The highest BCUT2D eigenvalue weighted by Gasteiger charge is 2.22. The van der Waals surface area contributed by atoms with Crippen LogP contribution in [0.2, 0.25) is 0 Å². The van der Waals surface area contributed by atoms with E-state index < -0.39 is 0 Å². The van der Waals surface area contributed by atoms with E-state index in [9.17, 15) is 0 Å². The van der Waals surface area contributed by atoms with E-state index in [1.54, 1.807) is 0 Å². The lowest BCUT2D eigenvalue weighted by Crippen LogP contribution is -1.98. The monoisotopic (exact) mass is 150 g/mol. The van der Waals surface area contributed by atoms with E-state index in [1.807, 2.05) is 6.20 Å². The lowest BCUT2D eigenvalue weighted by molar-refractivity contribution is 0.728. The molecule has 1 aliphatic carbocycles. The first-order chi connectivity index (χ1) is 5.27. The van der Waals surface area contributed by atoms with Crippen LogP contribution in [0.25, 0.3) is 0 Å². The summed E-state index contributed by atoms with van der Waals surface area (Å²) < 4.78 is 2.19. The summed E-state index contributed by atoms with van der Waals surface area (Å²) in [7, 11) is 2.10. The third-order valence-electron chi connectivity index (χ3n) is 2.51. The Kier molecular flexibility index (Phi) is 1.48. The van der Waals surface area contributed by atoms with Crippen LogP contribution >= 0.6 is 0 Å². The average Bonchev–Trinajstić information content (AvgIpc) is 2.74. The highest BCUT2D eigenvalue weighted by Crippen LogP contribution is 2.32. The maximum absolute atomic E-state index is 4.26. The fourth-order valence-electron chi connectivity index (χ4n) is 1.36. The van der Waals surface area contributed by atoms with Crippen molar-refractivity contribution in [3.05, 3.63) is 17.7 Å². The second-order valence-electron chi connectivity index (χ2n) is 3.50. The molecule has 2 rings (SSSR count). The summed E-state index contributed by atoms with van der Waals surface area (Å²) in [6.07, 6.45) is 6.08. The smallest absolute Gasteiger partial charge is 0.105 e. The Hall–Kier alpha value is -0.790. The maximum Gasteiger partial charge on any atom is 0.105 e. The highest BCUT2D eigenvalue weighted by atomic mass is 15.0. The number of aromatic nitrogens is 2. The topological polar surface area (TPSA) is 17.8 Å². The van der Waals surface area contributed by atoms with Crippen LogP contribution in [0.15, 0.2) is 6.20 Å². The Labute approximate surface area is 67.3 Å². The van der Waals surface area contributed by atoms with Crippen LogP contribution < -0.4 is 0 Å². The van der Waals surface area contributed by atoms with Crippen molar-refractivity contribution in [3.8, 4) is 0 Å². The van der Waals surface area contributed by atoms with Gasteiger partial charge in [0, 0.05) is 18.9 Å². The second-order valence-corrected chi connectivity index (χ2v) is 3.50. The van der Waals surface area contributed by atoms with Crippen molar-refractivity contribution in [2.45, 2.75) is 26.2 Å². The molecule has 0 saturated heterocycles. The van der Waals surface area contributed by atoms with E-state index in [-0.39, 0.29) is 0 Å². The molecule has 11 heavy (non-hydrogen) atoms. The van der Waals surface area contributed by atoms with Crippen LogP contribution in [0.1, 0.15) is 24.4 Å². The predicted octanol–water partition coefficient (Wildman–Crippen LogP) is 1.68. The summed E-state index contributed by atoms with van der Waals surface area (Å²) in [4.78, 5) is 4.26. The summed E-state index contributed by atoms with van der Waals surface area (Å²) in [5.41, 5.74) is 1.39. The predicted molar refractivity (Wildman–Crippen MR) is 44.4 cm³/mol. The molecule has 60 valence electrons. The van der Waals surface area contributed by atoms with Gasteiger partial charge in [-0.25, -0.2) is 4.98 Å². The van der Waals surface area contributed by atoms with Gasteiger partial charge >= 0.3 is 0 Å². The summed E-state index contributed by atoms with van der Waals surface area (Å²) in [5.74, 6) is 2.09. The zero-order valence-electron chi connectivity index (χ0n) is 7.17. The number of nitrogens with zero attached hydrogens (tertiary/aromatic N) is 2. The Morgan fingerprint density at radius 1 is 1.64 bits per heavy atom. The molecular weight excluding hydrogens is 136 g/mol. The fraction of sp³-hybridized carbons (Fsp3) is 0.667. The largest absolute Gasteiger partial charge is 0.335 e. The van der Waals surface area contributed by atoms with Crippen LogP contribution in [-0.2, 0) is 13.5 Å².